The summed E-state index contributed by atoms with van der Waals surface area (Å²) >= 11 is 5.65. The lowest BCUT2D eigenvalue weighted by atomic mass is 10.2. The average molecular weight is 287 g/mol. The van der Waals surface area contributed by atoms with Gasteiger partial charge in [0.05, 0.1) is 7.11 Å². The minimum absolute atomic E-state index is 0.00703. The molecule has 0 bridgehead atoms. The van der Waals surface area contributed by atoms with Crippen LogP contribution in [0.5, 0.6) is 6.01 Å². The number of halogens is 3. The number of rotatable bonds is 4. The first kappa shape index (κ1) is 13.4. The summed E-state index contributed by atoms with van der Waals surface area (Å²) < 4.78 is 31.2. The van der Waals surface area contributed by atoms with E-state index in [9.17, 15) is 8.78 Å². The zero-order valence-corrected chi connectivity index (χ0v) is 10.6. The lowest BCUT2D eigenvalue weighted by Crippen LogP contribution is -2.07. The molecule has 100 valence electrons. The van der Waals surface area contributed by atoms with Gasteiger partial charge in [-0.25, -0.2) is 8.78 Å². The minimum Gasteiger partial charge on any atom is -0.467 e. The molecular formula is C11H9ClF2N4O. The molecule has 8 heteroatoms. The van der Waals surface area contributed by atoms with Crippen molar-refractivity contribution in [2.75, 3.05) is 12.4 Å². The molecule has 0 radical (unpaired) electrons. The third kappa shape index (κ3) is 3.47. The molecule has 1 heterocycles. The van der Waals surface area contributed by atoms with E-state index in [-0.39, 0.29) is 29.4 Å². The third-order valence-corrected chi connectivity index (χ3v) is 2.38. The Balaban J connectivity index is 2.14. The van der Waals surface area contributed by atoms with E-state index in [1.807, 2.05) is 0 Å². The fourth-order valence-corrected chi connectivity index (χ4v) is 1.51. The Kier molecular flexibility index (Phi) is 4.06. The minimum atomic E-state index is -0.527. The van der Waals surface area contributed by atoms with E-state index in [0.717, 1.165) is 18.2 Å². The highest BCUT2D eigenvalue weighted by Crippen LogP contribution is 2.14. The smallest absolute Gasteiger partial charge is 0.322 e. The van der Waals surface area contributed by atoms with Crippen LogP contribution in [0.3, 0.4) is 0 Å². The van der Waals surface area contributed by atoms with Crippen molar-refractivity contribution < 1.29 is 13.5 Å². The zero-order chi connectivity index (χ0) is 13.8. The molecule has 0 unspecified atom stereocenters. The van der Waals surface area contributed by atoms with E-state index < -0.39 is 11.6 Å². The van der Waals surface area contributed by atoms with E-state index in [4.69, 9.17) is 16.3 Å². The van der Waals surface area contributed by atoms with Crippen molar-refractivity contribution in [3.8, 4) is 6.01 Å². The summed E-state index contributed by atoms with van der Waals surface area (Å²) in [5, 5.41) is 2.65. The predicted octanol–water partition coefficient (Wildman–Crippen LogP) is 2.42. The summed E-state index contributed by atoms with van der Waals surface area (Å²) in [6.07, 6.45) is 0. The number of hydrogen-bond acceptors (Lipinski definition) is 5. The van der Waals surface area contributed by atoms with Gasteiger partial charge in [-0.05, 0) is 29.8 Å². The normalized spacial score (nSPS) is 10.3. The van der Waals surface area contributed by atoms with Crippen molar-refractivity contribution in [1.82, 2.24) is 15.0 Å². The second-order valence-electron chi connectivity index (χ2n) is 3.50. The van der Waals surface area contributed by atoms with Crippen LogP contribution in [-0.2, 0) is 6.54 Å². The van der Waals surface area contributed by atoms with Gasteiger partial charge >= 0.3 is 6.01 Å². The van der Waals surface area contributed by atoms with Crippen molar-refractivity contribution in [2.24, 2.45) is 0 Å². The molecule has 1 N–H and O–H groups in total. The van der Waals surface area contributed by atoms with Crippen LogP contribution in [0.2, 0.25) is 5.28 Å². The van der Waals surface area contributed by atoms with E-state index >= 15 is 0 Å². The topological polar surface area (TPSA) is 59.9 Å². The molecule has 0 saturated heterocycles. The summed E-state index contributed by atoms with van der Waals surface area (Å²) in [7, 11) is 1.38. The van der Waals surface area contributed by atoms with Crippen molar-refractivity contribution in [1.29, 1.82) is 0 Å². The number of nitrogens with one attached hydrogen (secondary N) is 1. The molecule has 19 heavy (non-hydrogen) atoms. The first-order valence-corrected chi connectivity index (χ1v) is 5.59. The second kappa shape index (κ2) is 5.75. The molecule has 0 aliphatic rings. The van der Waals surface area contributed by atoms with Gasteiger partial charge in [0.1, 0.15) is 11.6 Å². The highest BCUT2D eigenvalue weighted by atomic mass is 35.5. The van der Waals surface area contributed by atoms with E-state index in [1.54, 1.807) is 0 Å². The lowest BCUT2D eigenvalue weighted by Gasteiger charge is -2.07. The molecule has 0 atom stereocenters. The van der Waals surface area contributed by atoms with Crippen LogP contribution in [-0.4, -0.2) is 22.1 Å². The monoisotopic (exact) mass is 286 g/mol. The third-order valence-electron chi connectivity index (χ3n) is 2.21. The number of aromatic nitrogens is 3. The SMILES string of the molecule is COc1nc(Cl)nc(NCc2cc(F)ccc2F)n1. The van der Waals surface area contributed by atoms with Crippen LogP contribution >= 0.6 is 11.6 Å². The predicted molar refractivity (Wildman–Crippen MR) is 65.1 cm³/mol. The van der Waals surface area contributed by atoms with Gasteiger partial charge < -0.3 is 10.1 Å². The number of benzene rings is 1. The first-order chi connectivity index (χ1) is 9.08. The van der Waals surface area contributed by atoms with Crippen LogP contribution in [0.25, 0.3) is 0 Å². The van der Waals surface area contributed by atoms with Gasteiger partial charge in [-0.2, -0.15) is 15.0 Å². The van der Waals surface area contributed by atoms with Gasteiger partial charge in [0.2, 0.25) is 11.2 Å². The van der Waals surface area contributed by atoms with Crippen molar-refractivity contribution in [3.63, 3.8) is 0 Å². The maximum atomic E-state index is 13.4. The Morgan fingerprint density at radius 1 is 1.26 bits per heavy atom. The Morgan fingerprint density at radius 2 is 2.05 bits per heavy atom. The van der Waals surface area contributed by atoms with Gasteiger partial charge in [0.15, 0.2) is 0 Å². The molecule has 2 rings (SSSR count). The summed E-state index contributed by atoms with van der Waals surface area (Å²) in [4.78, 5) is 11.3. The maximum absolute atomic E-state index is 13.4. The first-order valence-electron chi connectivity index (χ1n) is 5.22. The number of hydrogen-bond donors (Lipinski definition) is 1. The zero-order valence-electron chi connectivity index (χ0n) is 9.82. The summed E-state index contributed by atoms with van der Waals surface area (Å²) in [5.41, 5.74) is 0.149. The van der Waals surface area contributed by atoms with Crippen LogP contribution in [0.15, 0.2) is 18.2 Å². The summed E-state index contributed by atoms with van der Waals surface area (Å²) in [5.74, 6) is -0.939. The number of ether oxygens (including phenoxy) is 1. The highest BCUT2D eigenvalue weighted by molar-refractivity contribution is 6.28. The highest BCUT2D eigenvalue weighted by Gasteiger charge is 2.07. The molecule has 0 spiro atoms. The standard InChI is InChI=1S/C11H9ClF2N4O/c1-19-11-17-9(12)16-10(18-11)15-5-6-4-7(13)2-3-8(6)14/h2-4H,5H2,1H3,(H,15,16,17,18). The number of nitrogens with zero attached hydrogens (tertiary/aromatic N) is 3. The van der Waals surface area contributed by atoms with E-state index in [2.05, 4.69) is 20.3 Å². The van der Waals surface area contributed by atoms with Crippen molar-refractivity contribution in [2.45, 2.75) is 6.54 Å². The Morgan fingerprint density at radius 3 is 2.79 bits per heavy atom. The Hall–Kier alpha value is -2.02. The van der Waals surface area contributed by atoms with Crippen molar-refractivity contribution in [3.05, 3.63) is 40.7 Å². The molecule has 1 aromatic carbocycles. The fraction of sp³-hybridized carbons (Fsp3) is 0.182. The largest absolute Gasteiger partial charge is 0.467 e. The molecule has 0 aliphatic heterocycles. The molecular weight excluding hydrogens is 278 g/mol. The summed E-state index contributed by atoms with van der Waals surface area (Å²) in [6.45, 7) is 0.00703. The average Bonchev–Trinajstić information content (AvgIpc) is 2.39. The number of methoxy groups -OCH3 is 1. The van der Waals surface area contributed by atoms with Crippen LogP contribution in [0.4, 0.5) is 14.7 Å². The molecule has 0 saturated carbocycles. The maximum Gasteiger partial charge on any atom is 0.322 e. The summed E-state index contributed by atoms with van der Waals surface area (Å²) in [6, 6.07) is 3.21. The molecule has 0 amide bonds. The Bertz CT molecular complexity index is 597. The van der Waals surface area contributed by atoms with Gasteiger partial charge in [0.25, 0.3) is 0 Å². The Labute approximate surface area is 112 Å². The fourth-order valence-electron chi connectivity index (χ4n) is 1.36. The van der Waals surface area contributed by atoms with E-state index in [0.29, 0.717) is 0 Å². The van der Waals surface area contributed by atoms with Crippen LogP contribution < -0.4 is 10.1 Å². The molecule has 0 fully saturated rings. The second-order valence-corrected chi connectivity index (χ2v) is 3.84. The molecule has 2 aromatic rings. The molecule has 0 aliphatic carbocycles. The van der Waals surface area contributed by atoms with Gasteiger partial charge in [0, 0.05) is 12.1 Å². The van der Waals surface area contributed by atoms with Gasteiger partial charge in [-0.3, -0.25) is 0 Å². The van der Waals surface area contributed by atoms with E-state index in [1.165, 1.54) is 7.11 Å². The lowest BCUT2D eigenvalue weighted by molar-refractivity contribution is 0.379. The molecule has 1 aromatic heterocycles. The van der Waals surface area contributed by atoms with Crippen molar-refractivity contribution >= 4 is 17.5 Å². The molecule has 5 nitrogen and oxygen atoms in total. The van der Waals surface area contributed by atoms with Crippen LogP contribution in [0, 0.1) is 11.6 Å². The van der Waals surface area contributed by atoms with Gasteiger partial charge in [-0.1, -0.05) is 0 Å². The van der Waals surface area contributed by atoms with Crippen LogP contribution in [0.1, 0.15) is 5.56 Å². The number of anilines is 1. The van der Waals surface area contributed by atoms with Gasteiger partial charge in [-0.15, -0.1) is 0 Å². The quantitative estimate of drug-likeness (QED) is 0.935.